The highest BCUT2D eigenvalue weighted by Gasteiger charge is 2.31. The predicted octanol–water partition coefficient (Wildman–Crippen LogP) is 1.76. The monoisotopic (exact) mass is 488 g/mol. The number of anilines is 2. The van der Waals surface area contributed by atoms with Gasteiger partial charge in [-0.25, -0.2) is 9.97 Å². The summed E-state index contributed by atoms with van der Waals surface area (Å²) in [6.45, 7) is 7.71. The van der Waals surface area contributed by atoms with Crippen LogP contribution in [0.15, 0.2) is 42.7 Å². The third kappa shape index (κ3) is 4.75. The highest BCUT2D eigenvalue weighted by molar-refractivity contribution is 5.84. The van der Waals surface area contributed by atoms with Crippen LogP contribution in [0.2, 0.25) is 0 Å². The second-order valence-electron chi connectivity index (χ2n) is 9.50. The number of aryl methyl sites for hydroxylation is 2. The van der Waals surface area contributed by atoms with E-state index in [1.54, 1.807) is 4.68 Å². The molecule has 2 aliphatic rings. The molecule has 2 aliphatic heterocycles. The van der Waals surface area contributed by atoms with E-state index < -0.39 is 0 Å². The number of carbonyl (C=O) groups is 2. The van der Waals surface area contributed by atoms with Crippen molar-refractivity contribution in [2.75, 3.05) is 42.5 Å². The molecule has 3 aromatic rings. The second-order valence-corrected chi connectivity index (χ2v) is 9.50. The average Bonchev–Trinajstić information content (AvgIpc) is 3.50. The Morgan fingerprint density at radius 1 is 1.03 bits per heavy atom. The van der Waals surface area contributed by atoms with Crippen LogP contribution in [0.25, 0.3) is 11.1 Å². The van der Waals surface area contributed by atoms with Gasteiger partial charge in [0.2, 0.25) is 17.8 Å². The molecule has 1 aromatic carbocycles. The number of primary amides is 1. The molecule has 1 atom stereocenters. The topological polar surface area (TPSA) is 113 Å². The van der Waals surface area contributed by atoms with E-state index in [4.69, 9.17) is 5.73 Å². The van der Waals surface area contributed by atoms with Crippen molar-refractivity contribution in [2.45, 2.75) is 39.3 Å². The maximum Gasteiger partial charge on any atom is 0.244 e. The number of piperazine rings is 1. The summed E-state index contributed by atoms with van der Waals surface area (Å²) in [6.07, 6.45) is 5.26. The van der Waals surface area contributed by atoms with Crippen LogP contribution in [0.5, 0.6) is 0 Å². The minimum atomic E-state index is -0.344. The first-order valence-corrected chi connectivity index (χ1v) is 12.4. The quantitative estimate of drug-likeness (QED) is 0.562. The van der Waals surface area contributed by atoms with Gasteiger partial charge >= 0.3 is 0 Å². The molecule has 36 heavy (non-hydrogen) atoms. The summed E-state index contributed by atoms with van der Waals surface area (Å²) in [6, 6.07) is 9.83. The molecule has 10 heteroatoms. The van der Waals surface area contributed by atoms with E-state index >= 15 is 0 Å². The lowest BCUT2D eigenvalue weighted by molar-refractivity contribution is -0.132. The number of hydrogen-bond donors (Lipinski definition) is 1. The fraction of sp³-hybridized carbons (Fsp3) is 0.423. The highest BCUT2D eigenvalue weighted by Crippen LogP contribution is 2.32. The Balaban J connectivity index is 1.27. The lowest BCUT2D eigenvalue weighted by Gasteiger charge is -2.37. The first kappa shape index (κ1) is 23.8. The summed E-state index contributed by atoms with van der Waals surface area (Å²) in [5, 5.41) is 4.42. The van der Waals surface area contributed by atoms with Crippen molar-refractivity contribution in [3.05, 3.63) is 54.1 Å². The molecular formula is C26H32N8O2. The number of nitrogens with two attached hydrogens (primary N) is 1. The SMILES string of the molecule is Cc1cc(C)n(CC(=O)N2CCN(c3ccccc3-c3cnc(N4CCCC4C(N)=O)nc3)CC2)n1. The molecule has 0 saturated carbocycles. The van der Waals surface area contributed by atoms with Crippen molar-refractivity contribution in [3.63, 3.8) is 0 Å². The van der Waals surface area contributed by atoms with Crippen molar-refractivity contribution < 1.29 is 9.59 Å². The molecule has 2 saturated heterocycles. The van der Waals surface area contributed by atoms with Crippen molar-refractivity contribution in [1.82, 2.24) is 24.6 Å². The van der Waals surface area contributed by atoms with Crippen LogP contribution in [0, 0.1) is 13.8 Å². The highest BCUT2D eigenvalue weighted by atomic mass is 16.2. The Hall–Kier alpha value is -3.95. The van der Waals surface area contributed by atoms with Crippen LogP contribution in [-0.2, 0) is 16.1 Å². The van der Waals surface area contributed by atoms with Crippen molar-refractivity contribution in [2.24, 2.45) is 5.73 Å². The summed E-state index contributed by atoms with van der Waals surface area (Å²) in [7, 11) is 0. The minimum absolute atomic E-state index is 0.0919. The lowest BCUT2D eigenvalue weighted by Crippen LogP contribution is -2.49. The maximum atomic E-state index is 12.9. The van der Waals surface area contributed by atoms with Gasteiger partial charge in [-0.3, -0.25) is 14.3 Å². The smallest absolute Gasteiger partial charge is 0.244 e. The third-order valence-electron chi connectivity index (χ3n) is 7.05. The van der Waals surface area contributed by atoms with Crippen LogP contribution in [0.3, 0.4) is 0 Å². The summed E-state index contributed by atoms with van der Waals surface area (Å²) < 4.78 is 1.77. The Morgan fingerprint density at radius 3 is 2.42 bits per heavy atom. The summed E-state index contributed by atoms with van der Waals surface area (Å²) in [5.41, 5.74) is 10.5. The fourth-order valence-corrected chi connectivity index (χ4v) is 5.16. The first-order chi connectivity index (χ1) is 17.4. The molecule has 4 heterocycles. The largest absolute Gasteiger partial charge is 0.368 e. The van der Waals surface area contributed by atoms with Gasteiger partial charge in [-0.15, -0.1) is 0 Å². The van der Waals surface area contributed by atoms with E-state index in [0.29, 0.717) is 19.0 Å². The van der Waals surface area contributed by atoms with Gasteiger partial charge in [-0.1, -0.05) is 18.2 Å². The summed E-state index contributed by atoms with van der Waals surface area (Å²) >= 11 is 0. The van der Waals surface area contributed by atoms with Crippen LogP contribution >= 0.6 is 0 Å². The van der Waals surface area contributed by atoms with Crippen LogP contribution < -0.4 is 15.5 Å². The number of benzene rings is 1. The molecule has 10 nitrogen and oxygen atoms in total. The fourth-order valence-electron chi connectivity index (χ4n) is 5.16. The van der Waals surface area contributed by atoms with Crippen molar-refractivity contribution in [1.29, 1.82) is 0 Å². The molecule has 2 aromatic heterocycles. The number of amides is 2. The minimum Gasteiger partial charge on any atom is -0.368 e. The molecule has 188 valence electrons. The molecular weight excluding hydrogens is 456 g/mol. The van der Waals surface area contributed by atoms with Crippen LogP contribution in [0.4, 0.5) is 11.6 Å². The standard InChI is InChI=1S/C26H32N8O2/c1-18-14-19(2)34(30-18)17-24(35)32-12-10-31(11-13-32)22-7-4-3-6-21(22)20-15-28-26(29-16-20)33-9-5-8-23(33)25(27)36/h3-4,6-7,14-16,23H,5,8-13,17H2,1-2H3,(H2,27,36). The van der Waals surface area contributed by atoms with Gasteiger partial charge in [0.25, 0.3) is 0 Å². The number of hydrogen-bond acceptors (Lipinski definition) is 7. The molecule has 1 unspecified atom stereocenters. The number of aromatic nitrogens is 4. The van der Waals surface area contributed by atoms with Crippen molar-refractivity contribution in [3.8, 4) is 11.1 Å². The van der Waals surface area contributed by atoms with Crippen molar-refractivity contribution >= 4 is 23.5 Å². The third-order valence-corrected chi connectivity index (χ3v) is 7.05. The molecule has 0 bridgehead atoms. The average molecular weight is 489 g/mol. The molecule has 0 radical (unpaired) electrons. The zero-order valence-corrected chi connectivity index (χ0v) is 20.8. The molecule has 0 spiro atoms. The van der Waals surface area contributed by atoms with E-state index in [0.717, 1.165) is 60.7 Å². The van der Waals surface area contributed by atoms with Gasteiger partial charge in [0, 0.05) is 67.6 Å². The van der Waals surface area contributed by atoms with Gasteiger partial charge in [0.15, 0.2) is 0 Å². The molecule has 0 aliphatic carbocycles. The van der Waals surface area contributed by atoms with E-state index in [1.807, 2.05) is 54.2 Å². The maximum absolute atomic E-state index is 12.9. The zero-order chi connectivity index (χ0) is 25.2. The number of carbonyl (C=O) groups excluding carboxylic acids is 2. The van der Waals surface area contributed by atoms with Gasteiger partial charge in [0.1, 0.15) is 12.6 Å². The van der Waals surface area contributed by atoms with E-state index in [-0.39, 0.29) is 24.4 Å². The van der Waals surface area contributed by atoms with E-state index in [9.17, 15) is 9.59 Å². The Morgan fingerprint density at radius 2 is 1.75 bits per heavy atom. The normalized spacial score (nSPS) is 18.1. The van der Waals surface area contributed by atoms with Crippen LogP contribution in [-0.4, -0.2) is 75.2 Å². The second kappa shape index (κ2) is 9.96. The number of rotatable bonds is 6. The molecule has 5 rings (SSSR count). The Bertz CT molecular complexity index is 1250. The lowest BCUT2D eigenvalue weighted by atomic mass is 10.1. The van der Waals surface area contributed by atoms with Gasteiger partial charge in [-0.2, -0.15) is 5.10 Å². The first-order valence-electron chi connectivity index (χ1n) is 12.4. The van der Waals surface area contributed by atoms with Gasteiger partial charge in [0.05, 0.1) is 5.69 Å². The number of para-hydroxylation sites is 1. The number of nitrogens with zero attached hydrogens (tertiary/aromatic N) is 7. The Kier molecular flexibility index (Phi) is 6.58. The van der Waals surface area contributed by atoms with Crippen LogP contribution in [0.1, 0.15) is 24.2 Å². The Labute approximate surface area is 210 Å². The summed E-state index contributed by atoms with van der Waals surface area (Å²) in [4.78, 5) is 39.9. The van der Waals surface area contributed by atoms with Gasteiger partial charge in [-0.05, 0) is 38.8 Å². The molecule has 2 amide bonds. The zero-order valence-electron chi connectivity index (χ0n) is 20.8. The predicted molar refractivity (Wildman–Crippen MR) is 138 cm³/mol. The summed E-state index contributed by atoms with van der Waals surface area (Å²) in [5.74, 6) is 0.291. The van der Waals surface area contributed by atoms with Gasteiger partial charge < -0.3 is 20.4 Å². The molecule has 2 fully saturated rings. The van der Waals surface area contributed by atoms with E-state index in [2.05, 4.69) is 32.1 Å². The molecule has 2 N–H and O–H groups in total. The van der Waals surface area contributed by atoms with E-state index in [1.165, 1.54) is 0 Å².